The van der Waals surface area contributed by atoms with Gasteiger partial charge in [0.2, 0.25) is 0 Å². The van der Waals surface area contributed by atoms with Crippen LogP contribution in [0.1, 0.15) is 29.4 Å². The third kappa shape index (κ3) is 1.75. The Balaban J connectivity index is 2.36. The first-order valence-electron chi connectivity index (χ1n) is 4.43. The van der Waals surface area contributed by atoms with Gasteiger partial charge in [-0.05, 0) is 13.8 Å². The number of fused-ring (bicyclic) bond motifs is 1. The molecule has 0 unspecified atom stereocenters. The summed E-state index contributed by atoms with van der Waals surface area (Å²) in [5.74, 6) is 0. The van der Waals surface area contributed by atoms with Crippen LogP contribution in [0.15, 0.2) is 0 Å². The van der Waals surface area contributed by atoms with Crippen LogP contribution in [0.4, 0.5) is 0 Å². The Kier molecular flexibility index (Phi) is 2.14. The molecule has 0 spiro atoms. The molecule has 2 heterocycles. The van der Waals surface area contributed by atoms with Crippen LogP contribution in [0, 0.1) is 0 Å². The number of rotatable bonds is 1. The van der Waals surface area contributed by atoms with Crippen LogP contribution in [0.25, 0.3) is 0 Å². The van der Waals surface area contributed by atoms with E-state index in [4.69, 9.17) is 10.5 Å². The van der Waals surface area contributed by atoms with Gasteiger partial charge in [0, 0.05) is 6.42 Å². The summed E-state index contributed by atoms with van der Waals surface area (Å²) in [6.45, 7) is 5.47. The van der Waals surface area contributed by atoms with Gasteiger partial charge in [-0.25, -0.2) is 4.98 Å². The third-order valence-electron chi connectivity index (χ3n) is 2.05. The Morgan fingerprint density at radius 1 is 1.54 bits per heavy atom. The molecule has 0 radical (unpaired) electrons. The lowest BCUT2D eigenvalue weighted by Crippen LogP contribution is -2.28. The zero-order valence-corrected chi connectivity index (χ0v) is 8.78. The number of aromatic nitrogens is 1. The van der Waals surface area contributed by atoms with Crippen molar-refractivity contribution in [2.75, 3.05) is 6.61 Å². The van der Waals surface area contributed by atoms with Crippen molar-refractivity contribution in [3.63, 3.8) is 0 Å². The summed E-state index contributed by atoms with van der Waals surface area (Å²) in [5.41, 5.74) is 6.84. The van der Waals surface area contributed by atoms with Gasteiger partial charge in [0.25, 0.3) is 0 Å². The van der Waals surface area contributed by atoms with Gasteiger partial charge in [0.05, 0.1) is 29.3 Å². The summed E-state index contributed by atoms with van der Waals surface area (Å²) in [7, 11) is 0. The van der Waals surface area contributed by atoms with Crippen molar-refractivity contribution < 1.29 is 4.74 Å². The number of thiazole rings is 1. The molecule has 2 N–H and O–H groups in total. The molecule has 1 aromatic heterocycles. The van der Waals surface area contributed by atoms with Gasteiger partial charge >= 0.3 is 0 Å². The lowest BCUT2D eigenvalue weighted by atomic mass is 10.1. The van der Waals surface area contributed by atoms with Crippen LogP contribution in [0.3, 0.4) is 0 Å². The molecule has 0 atom stereocenters. The van der Waals surface area contributed by atoms with Gasteiger partial charge in [-0.1, -0.05) is 0 Å². The highest BCUT2D eigenvalue weighted by Crippen LogP contribution is 2.28. The van der Waals surface area contributed by atoms with Crippen molar-refractivity contribution in [2.24, 2.45) is 5.73 Å². The van der Waals surface area contributed by atoms with Crippen molar-refractivity contribution >= 4 is 11.3 Å². The van der Waals surface area contributed by atoms with Crippen molar-refractivity contribution in [3.05, 3.63) is 15.6 Å². The molecule has 0 saturated carbocycles. The molecule has 3 nitrogen and oxygen atoms in total. The van der Waals surface area contributed by atoms with Crippen molar-refractivity contribution in [2.45, 2.75) is 32.4 Å². The fourth-order valence-corrected chi connectivity index (χ4v) is 2.36. The van der Waals surface area contributed by atoms with Crippen molar-refractivity contribution in [1.82, 2.24) is 4.98 Å². The predicted molar refractivity (Wildman–Crippen MR) is 52.7 cm³/mol. The zero-order valence-electron chi connectivity index (χ0n) is 7.96. The van der Waals surface area contributed by atoms with E-state index in [1.54, 1.807) is 11.3 Å². The van der Waals surface area contributed by atoms with Gasteiger partial charge in [0.15, 0.2) is 0 Å². The summed E-state index contributed by atoms with van der Waals surface area (Å²) in [4.78, 5) is 5.79. The molecule has 0 aliphatic carbocycles. The van der Waals surface area contributed by atoms with Gasteiger partial charge in [-0.2, -0.15) is 0 Å². The van der Waals surface area contributed by atoms with Crippen molar-refractivity contribution in [1.29, 1.82) is 0 Å². The SMILES string of the molecule is CC(C)(N)c1nc2c(s1)COCC2. The summed E-state index contributed by atoms with van der Waals surface area (Å²) in [6, 6.07) is 0. The zero-order chi connectivity index (χ0) is 9.47. The number of ether oxygens (including phenoxy) is 1. The minimum Gasteiger partial charge on any atom is -0.375 e. The van der Waals surface area contributed by atoms with E-state index in [0.29, 0.717) is 6.61 Å². The molecule has 1 aromatic rings. The highest BCUT2D eigenvalue weighted by molar-refractivity contribution is 7.11. The van der Waals surface area contributed by atoms with Crippen LogP contribution < -0.4 is 5.73 Å². The third-order valence-corrected chi connectivity index (χ3v) is 3.46. The number of hydrogen-bond acceptors (Lipinski definition) is 4. The first-order valence-corrected chi connectivity index (χ1v) is 5.25. The number of hydrogen-bond donors (Lipinski definition) is 1. The van der Waals surface area contributed by atoms with Gasteiger partial charge in [-0.3, -0.25) is 0 Å². The quantitative estimate of drug-likeness (QED) is 0.742. The van der Waals surface area contributed by atoms with E-state index in [-0.39, 0.29) is 5.54 Å². The van der Waals surface area contributed by atoms with Crippen LogP contribution in [0.5, 0.6) is 0 Å². The maximum atomic E-state index is 5.98. The summed E-state index contributed by atoms with van der Waals surface area (Å²) in [5, 5.41) is 1.02. The fraction of sp³-hybridized carbons (Fsp3) is 0.667. The Morgan fingerprint density at radius 2 is 2.31 bits per heavy atom. The topological polar surface area (TPSA) is 48.1 Å². The predicted octanol–water partition coefficient (Wildman–Crippen LogP) is 1.41. The van der Waals surface area contributed by atoms with E-state index in [2.05, 4.69) is 4.98 Å². The molecule has 13 heavy (non-hydrogen) atoms. The maximum absolute atomic E-state index is 5.98. The maximum Gasteiger partial charge on any atom is 0.113 e. The van der Waals surface area contributed by atoms with Crippen LogP contribution >= 0.6 is 11.3 Å². The highest BCUT2D eigenvalue weighted by atomic mass is 32.1. The second-order valence-electron chi connectivity index (χ2n) is 3.91. The van der Waals surface area contributed by atoms with Crippen LogP contribution in [-0.2, 0) is 23.3 Å². The van der Waals surface area contributed by atoms with E-state index in [9.17, 15) is 0 Å². The van der Waals surface area contributed by atoms with E-state index < -0.39 is 0 Å². The molecule has 0 saturated heterocycles. The number of nitrogens with two attached hydrogens (primary N) is 1. The van der Waals surface area contributed by atoms with Crippen LogP contribution in [-0.4, -0.2) is 11.6 Å². The Hall–Kier alpha value is -0.450. The van der Waals surface area contributed by atoms with Gasteiger partial charge < -0.3 is 10.5 Å². The van der Waals surface area contributed by atoms with E-state index >= 15 is 0 Å². The summed E-state index contributed by atoms with van der Waals surface area (Å²) < 4.78 is 5.35. The lowest BCUT2D eigenvalue weighted by Gasteiger charge is -2.13. The molecule has 1 aliphatic rings. The van der Waals surface area contributed by atoms with Crippen molar-refractivity contribution in [3.8, 4) is 0 Å². The monoisotopic (exact) mass is 198 g/mol. The first-order chi connectivity index (χ1) is 6.07. The molecular formula is C9H14N2OS. The summed E-state index contributed by atoms with van der Waals surface area (Å²) in [6.07, 6.45) is 0.932. The standard InChI is InChI=1S/C9H14N2OS/c1-9(2,10)8-11-6-3-4-12-5-7(6)13-8/h3-5,10H2,1-2H3. The largest absolute Gasteiger partial charge is 0.375 e. The Labute approximate surface area is 81.9 Å². The molecule has 1 aliphatic heterocycles. The number of nitrogens with zero attached hydrogens (tertiary/aromatic N) is 1. The normalized spacial score (nSPS) is 17.2. The van der Waals surface area contributed by atoms with Crippen LogP contribution in [0.2, 0.25) is 0 Å². The lowest BCUT2D eigenvalue weighted by molar-refractivity contribution is 0.112. The van der Waals surface area contributed by atoms with Gasteiger partial charge in [-0.15, -0.1) is 11.3 Å². The Morgan fingerprint density at radius 3 is 2.92 bits per heavy atom. The van der Waals surface area contributed by atoms with E-state index in [1.165, 1.54) is 10.6 Å². The molecule has 4 heteroatoms. The first kappa shape index (κ1) is 9.12. The highest BCUT2D eigenvalue weighted by Gasteiger charge is 2.23. The Bertz CT molecular complexity index is 290. The second kappa shape index (κ2) is 3.04. The molecular weight excluding hydrogens is 184 g/mol. The molecule has 0 fully saturated rings. The van der Waals surface area contributed by atoms with E-state index in [1.807, 2.05) is 13.8 Å². The summed E-state index contributed by atoms with van der Waals surface area (Å²) >= 11 is 1.68. The van der Waals surface area contributed by atoms with Gasteiger partial charge in [0.1, 0.15) is 5.01 Å². The van der Waals surface area contributed by atoms with E-state index in [0.717, 1.165) is 18.0 Å². The average Bonchev–Trinajstić information content (AvgIpc) is 2.45. The molecule has 2 rings (SSSR count). The minimum atomic E-state index is -0.317. The fourth-order valence-electron chi connectivity index (χ4n) is 1.30. The molecule has 72 valence electrons. The average molecular weight is 198 g/mol. The smallest absolute Gasteiger partial charge is 0.113 e. The second-order valence-corrected chi connectivity index (χ2v) is 5.00. The minimum absolute atomic E-state index is 0.317. The molecule has 0 amide bonds. The molecule has 0 aromatic carbocycles. The molecule has 0 bridgehead atoms.